The van der Waals surface area contributed by atoms with Crippen LogP contribution in [0.25, 0.3) is 22.6 Å². The van der Waals surface area contributed by atoms with Gasteiger partial charge in [-0.25, -0.2) is 9.37 Å². The lowest BCUT2D eigenvalue weighted by atomic mass is 10.0. The number of aromatic nitrogens is 5. The van der Waals surface area contributed by atoms with Gasteiger partial charge in [0.05, 0.1) is 17.4 Å². The van der Waals surface area contributed by atoms with Crippen molar-refractivity contribution in [2.75, 3.05) is 11.4 Å². The van der Waals surface area contributed by atoms with Gasteiger partial charge in [0.2, 0.25) is 0 Å². The van der Waals surface area contributed by atoms with E-state index in [1.165, 1.54) is 0 Å². The van der Waals surface area contributed by atoms with Gasteiger partial charge in [-0.3, -0.25) is 4.98 Å². The van der Waals surface area contributed by atoms with E-state index < -0.39 is 11.9 Å². The summed E-state index contributed by atoms with van der Waals surface area (Å²) in [6, 6.07) is 12.1. The van der Waals surface area contributed by atoms with Crippen molar-refractivity contribution in [3.63, 3.8) is 0 Å². The third-order valence-corrected chi connectivity index (χ3v) is 5.28. The van der Waals surface area contributed by atoms with Gasteiger partial charge in [-0.1, -0.05) is 23.3 Å². The minimum absolute atomic E-state index is 0.168. The largest absolute Gasteiger partial charge is 0.455 e. The number of rotatable bonds is 3. The number of H-pyrrole nitrogens is 1. The Balaban J connectivity index is 1.48. The van der Waals surface area contributed by atoms with Crippen LogP contribution < -0.4 is 4.90 Å². The topological polar surface area (TPSA) is 96.9 Å². The lowest BCUT2D eigenvalue weighted by Gasteiger charge is -2.32. The fourth-order valence-corrected chi connectivity index (χ4v) is 3.88. The molecule has 5 aromatic rings. The molecule has 0 unspecified atom stereocenters. The highest BCUT2D eigenvalue weighted by Gasteiger charge is 2.38. The third kappa shape index (κ3) is 2.52. The minimum atomic E-state index is -0.635. The fourth-order valence-electron chi connectivity index (χ4n) is 3.88. The zero-order valence-electron chi connectivity index (χ0n) is 15.6. The van der Waals surface area contributed by atoms with Gasteiger partial charge in [0.25, 0.3) is 5.89 Å². The number of furan rings is 1. The molecule has 0 bridgehead atoms. The summed E-state index contributed by atoms with van der Waals surface area (Å²) in [4.78, 5) is 13.6. The first kappa shape index (κ1) is 16.9. The quantitative estimate of drug-likeness (QED) is 0.489. The van der Waals surface area contributed by atoms with Gasteiger partial charge in [0.15, 0.2) is 11.6 Å². The van der Waals surface area contributed by atoms with Crippen LogP contribution in [0.5, 0.6) is 0 Å². The summed E-state index contributed by atoms with van der Waals surface area (Å²) in [5.41, 5.74) is 2.66. The molecule has 0 saturated carbocycles. The Hall–Kier alpha value is -4.01. The van der Waals surface area contributed by atoms with E-state index in [1.807, 2.05) is 23.1 Å². The van der Waals surface area contributed by atoms with E-state index in [2.05, 4.69) is 25.1 Å². The predicted molar refractivity (Wildman–Crippen MR) is 105 cm³/mol. The molecule has 9 heteroatoms. The summed E-state index contributed by atoms with van der Waals surface area (Å²) in [5, 5.41) is 8.75. The van der Waals surface area contributed by atoms with Crippen molar-refractivity contribution in [1.29, 1.82) is 0 Å². The van der Waals surface area contributed by atoms with Gasteiger partial charge >= 0.3 is 6.01 Å². The Morgan fingerprint density at radius 1 is 1.03 bits per heavy atom. The van der Waals surface area contributed by atoms with Crippen molar-refractivity contribution in [1.82, 2.24) is 25.1 Å². The van der Waals surface area contributed by atoms with Crippen molar-refractivity contribution in [3.8, 4) is 11.6 Å². The van der Waals surface area contributed by atoms with Crippen LogP contribution >= 0.6 is 0 Å². The second-order valence-electron chi connectivity index (χ2n) is 6.99. The van der Waals surface area contributed by atoms with Gasteiger partial charge < -0.3 is 18.7 Å². The molecule has 8 nitrogen and oxygen atoms in total. The monoisotopic (exact) mass is 402 g/mol. The fraction of sp³-hybridized carbons (Fsp3) is 0.143. The maximum atomic E-state index is 15.3. The highest BCUT2D eigenvalue weighted by atomic mass is 19.1. The van der Waals surface area contributed by atoms with Gasteiger partial charge in [0.1, 0.15) is 17.3 Å². The summed E-state index contributed by atoms with van der Waals surface area (Å²) in [6.07, 6.45) is 3.94. The van der Waals surface area contributed by atoms with Crippen molar-refractivity contribution in [2.45, 2.75) is 12.5 Å². The Kier molecular flexibility index (Phi) is 3.67. The van der Waals surface area contributed by atoms with E-state index in [-0.39, 0.29) is 11.8 Å². The molecule has 1 N–H and O–H groups in total. The highest BCUT2D eigenvalue weighted by molar-refractivity contribution is 5.79. The average Bonchev–Trinajstić information content (AvgIpc) is 3.53. The minimum Gasteiger partial charge on any atom is -0.455 e. The number of halogens is 1. The Labute approximate surface area is 169 Å². The van der Waals surface area contributed by atoms with Crippen LogP contribution in [0.15, 0.2) is 63.8 Å². The van der Waals surface area contributed by atoms with Crippen LogP contribution in [-0.2, 0) is 6.42 Å². The van der Waals surface area contributed by atoms with Crippen LogP contribution in [0.1, 0.15) is 23.2 Å². The van der Waals surface area contributed by atoms with Crippen LogP contribution in [-0.4, -0.2) is 31.7 Å². The molecule has 0 aliphatic carbocycles. The number of para-hydroxylation sites is 1. The Bertz CT molecular complexity index is 1340. The third-order valence-electron chi connectivity index (χ3n) is 5.28. The van der Waals surface area contributed by atoms with Gasteiger partial charge in [-0.2, -0.15) is 0 Å². The van der Waals surface area contributed by atoms with Crippen molar-refractivity contribution in [3.05, 3.63) is 78.0 Å². The average molecular weight is 402 g/mol. The maximum absolute atomic E-state index is 15.3. The number of pyridine rings is 1. The number of benzene rings is 1. The van der Waals surface area contributed by atoms with E-state index in [9.17, 15) is 0 Å². The van der Waals surface area contributed by atoms with Gasteiger partial charge in [0, 0.05) is 24.9 Å². The highest BCUT2D eigenvalue weighted by Crippen LogP contribution is 2.40. The van der Waals surface area contributed by atoms with Gasteiger partial charge in [-0.15, -0.1) is 5.10 Å². The molecule has 0 saturated heterocycles. The summed E-state index contributed by atoms with van der Waals surface area (Å²) in [5.74, 6) is 0.0463. The first-order chi connectivity index (χ1) is 14.8. The SMILES string of the molecule is Fc1c([C@H]2c3nc[nH]c3CCN2c2nnc(-c3ccccn3)o2)oc2ccccc12. The van der Waals surface area contributed by atoms with Crippen molar-refractivity contribution in [2.24, 2.45) is 0 Å². The van der Waals surface area contributed by atoms with Crippen LogP contribution in [0, 0.1) is 5.82 Å². The summed E-state index contributed by atoms with van der Waals surface area (Å²) in [6.45, 7) is 0.528. The number of anilines is 1. The zero-order chi connectivity index (χ0) is 20.1. The standard InChI is InChI=1S/C21H15FN6O2/c22-16-12-5-1-2-7-15(12)29-19(16)18-17-13(24-11-25-17)8-10-28(18)21-27-26-20(30-21)14-6-3-4-9-23-14/h1-7,9,11,18H,8,10H2,(H,24,25)/t18-/m1/s1. The van der Waals surface area contributed by atoms with E-state index in [0.717, 1.165) is 5.69 Å². The van der Waals surface area contributed by atoms with Crippen LogP contribution in [0.3, 0.4) is 0 Å². The van der Waals surface area contributed by atoms with E-state index >= 15 is 4.39 Å². The number of nitrogens with zero attached hydrogens (tertiary/aromatic N) is 5. The smallest absolute Gasteiger partial charge is 0.319 e. The molecule has 0 fully saturated rings. The first-order valence-corrected chi connectivity index (χ1v) is 9.50. The molecular formula is C21H15FN6O2. The normalized spacial score (nSPS) is 16.2. The molecule has 1 atom stereocenters. The molecular weight excluding hydrogens is 387 g/mol. The summed E-state index contributed by atoms with van der Waals surface area (Å²) in [7, 11) is 0. The molecule has 148 valence electrons. The molecule has 0 spiro atoms. The summed E-state index contributed by atoms with van der Waals surface area (Å²) >= 11 is 0. The van der Waals surface area contributed by atoms with Crippen LogP contribution in [0.2, 0.25) is 0 Å². The first-order valence-electron chi connectivity index (χ1n) is 9.50. The molecule has 0 amide bonds. The maximum Gasteiger partial charge on any atom is 0.319 e. The molecule has 6 rings (SSSR count). The number of hydrogen-bond donors (Lipinski definition) is 1. The molecule has 1 aliphatic rings. The zero-order valence-corrected chi connectivity index (χ0v) is 15.6. The number of fused-ring (bicyclic) bond motifs is 2. The lowest BCUT2D eigenvalue weighted by Crippen LogP contribution is -2.36. The number of hydrogen-bond acceptors (Lipinski definition) is 7. The predicted octanol–water partition coefficient (Wildman–Crippen LogP) is 3.89. The molecule has 1 aromatic carbocycles. The van der Waals surface area contributed by atoms with E-state index in [1.54, 1.807) is 36.8 Å². The van der Waals surface area contributed by atoms with Crippen molar-refractivity contribution < 1.29 is 13.2 Å². The second kappa shape index (κ2) is 6.51. The molecule has 0 radical (unpaired) electrons. The molecule has 30 heavy (non-hydrogen) atoms. The number of imidazole rings is 1. The Morgan fingerprint density at radius 3 is 2.80 bits per heavy atom. The lowest BCUT2D eigenvalue weighted by molar-refractivity contribution is 0.428. The van der Waals surface area contributed by atoms with E-state index in [4.69, 9.17) is 8.83 Å². The number of nitrogens with one attached hydrogen (secondary N) is 1. The van der Waals surface area contributed by atoms with E-state index in [0.29, 0.717) is 41.2 Å². The molecule has 5 heterocycles. The van der Waals surface area contributed by atoms with Crippen LogP contribution in [0.4, 0.5) is 10.4 Å². The van der Waals surface area contributed by atoms with Gasteiger partial charge in [-0.05, 0) is 24.3 Å². The second-order valence-corrected chi connectivity index (χ2v) is 6.99. The molecule has 1 aliphatic heterocycles. The summed E-state index contributed by atoms with van der Waals surface area (Å²) < 4.78 is 27.2. The molecule has 4 aromatic heterocycles. The van der Waals surface area contributed by atoms with Crippen molar-refractivity contribution >= 4 is 17.0 Å². The Morgan fingerprint density at radius 2 is 1.93 bits per heavy atom. The number of aromatic amines is 1.